The fourth-order valence-corrected chi connectivity index (χ4v) is 5.39. The highest BCUT2D eigenvalue weighted by molar-refractivity contribution is 7.21. The molecule has 6 heteroatoms. The minimum absolute atomic E-state index is 0.182. The van der Waals surface area contributed by atoms with E-state index in [0.29, 0.717) is 5.91 Å². The molecule has 150 valence electrons. The van der Waals surface area contributed by atoms with Gasteiger partial charge in [-0.2, -0.15) is 0 Å². The lowest BCUT2D eigenvalue weighted by atomic mass is 9.94. The Morgan fingerprint density at radius 3 is 2.41 bits per heavy atom. The Kier molecular flexibility index (Phi) is 5.19. The average Bonchev–Trinajstić information content (AvgIpc) is 3.23. The number of amides is 1. The van der Waals surface area contributed by atoms with Crippen molar-refractivity contribution in [2.45, 2.75) is 32.1 Å². The first-order valence-electron chi connectivity index (χ1n) is 10.6. The highest BCUT2D eigenvalue weighted by atomic mass is 32.1. The Bertz CT molecular complexity index is 989. The molecule has 0 saturated carbocycles. The van der Waals surface area contributed by atoms with E-state index in [1.807, 2.05) is 24.3 Å². The van der Waals surface area contributed by atoms with Gasteiger partial charge in [0.25, 0.3) is 0 Å². The number of aromatic nitrogens is 2. The molecule has 2 aliphatic heterocycles. The first-order valence-corrected chi connectivity index (χ1v) is 11.5. The maximum atomic E-state index is 12.8. The number of carbonyl (C=O) groups is 1. The van der Waals surface area contributed by atoms with Crippen LogP contribution in [0.3, 0.4) is 0 Å². The predicted molar refractivity (Wildman–Crippen MR) is 118 cm³/mol. The van der Waals surface area contributed by atoms with Gasteiger partial charge in [-0.1, -0.05) is 41.7 Å². The van der Waals surface area contributed by atoms with Crippen LogP contribution < -0.4 is 4.90 Å². The number of pyridine rings is 1. The Morgan fingerprint density at radius 2 is 1.66 bits per heavy atom. The Morgan fingerprint density at radius 1 is 0.897 bits per heavy atom. The number of nitrogens with zero attached hydrogens (tertiary/aromatic N) is 4. The lowest BCUT2D eigenvalue weighted by Gasteiger charge is -2.35. The van der Waals surface area contributed by atoms with E-state index >= 15 is 0 Å². The molecule has 29 heavy (non-hydrogen) atoms. The van der Waals surface area contributed by atoms with Gasteiger partial charge in [-0.05, 0) is 44.2 Å². The maximum absolute atomic E-state index is 12.8. The van der Waals surface area contributed by atoms with E-state index in [0.717, 1.165) is 78.6 Å². The zero-order chi connectivity index (χ0) is 19.6. The third-order valence-electron chi connectivity index (χ3n) is 6.10. The van der Waals surface area contributed by atoms with Gasteiger partial charge in [0, 0.05) is 37.7 Å². The summed E-state index contributed by atoms with van der Waals surface area (Å²) >= 11 is 1.66. The number of fused-ring (bicyclic) bond motifs is 1. The minimum atomic E-state index is 0.182. The van der Waals surface area contributed by atoms with Crippen molar-refractivity contribution >= 4 is 32.7 Å². The number of piperidine rings is 2. The zero-order valence-corrected chi connectivity index (χ0v) is 17.4. The fourth-order valence-electron chi connectivity index (χ4n) is 4.40. The summed E-state index contributed by atoms with van der Waals surface area (Å²) in [5.74, 6) is 0.560. The molecule has 2 saturated heterocycles. The normalized spacial score (nSPS) is 18.3. The summed E-state index contributed by atoms with van der Waals surface area (Å²) in [6.07, 6.45) is 5.43. The summed E-state index contributed by atoms with van der Waals surface area (Å²) in [5.41, 5.74) is 3.07. The van der Waals surface area contributed by atoms with E-state index in [2.05, 4.69) is 28.0 Å². The van der Waals surface area contributed by atoms with E-state index in [1.165, 1.54) is 6.42 Å². The predicted octanol–water partition coefficient (Wildman–Crippen LogP) is 4.59. The highest BCUT2D eigenvalue weighted by Gasteiger charge is 2.30. The lowest BCUT2D eigenvalue weighted by molar-refractivity contribution is -0.137. The molecule has 3 aromatic rings. The summed E-state index contributed by atoms with van der Waals surface area (Å²) < 4.78 is 0. The zero-order valence-electron chi connectivity index (χ0n) is 16.6. The number of thiazole rings is 1. The molecule has 1 aromatic carbocycles. The molecule has 5 nitrogen and oxygen atoms in total. The summed E-state index contributed by atoms with van der Waals surface area (Å²) in [6, 6.07) is 14.4. The van der Waals surface area contributed by atoms with Gasteiger partial charge >= 0.3 is 0 Å². The highest BCUT2D eigenvalue weighted by Crippen LogP contribution is 2.32. The van der Waals surface area contributed by atoms with Crippen molar-refractivity contribution in [2.24, 2.45) is 5.92 Å². The second-order valence-corrected chi connectivity index (χ2v) is 8.99. The molecule has 5 rings (SSSR count). The van der Waals surface area contributed by atoms with Crippen LogP contribution in [0.25, 0.3) is 21.6 Å². The molecule has 0 unspecified atom stereocenters. The van der Waals surface area contributed by atoms with Crippen LogP contribution in [0.2, 0.25) is 0 Å². The smallest absolute Gasteiger partial charge is 0.225 e. The van der Waals surface area contributed by atoms with E-state index in [4.69, 9.17) is 9.97 Å². The first-order chi connectivity index (χ1) is 14.3. The fraction of sp³-hybridized carbons (Fsp3) is 0.435. The van der Waals surface area contributed by atoms with Crippen LogP contribution in [0, 0.1) is 5.92 Å². The summed E-state index contributed by atoms with van der Waals surface area (Å²) in [6.45, 7) is 3.70. The Labute approximate surface area is 175 Å². The lowest BCUT2D eigenvalue weighted by Crippen LogP contribution is -2.44. The molecular formula is C23H26N4OS. The SMILES string of the molecule is O=C(C1CCN(c2nc3ccc(-c4ccccc4)nc3s2)CC1)N1CCCCC1. The second kappa shape index (κ2) is 8.11. The molecule has 0 radical (unpaired) electrons. The monoisotopic (exact) mass is 406 g/mol. The quantitative estimate of drug-likeness (QED) is 0.638. The van der Waals surface area contributed by atoms with Gasteiger partial charge < -0.3 is 9.80 Å². The first kappa shape index (κ1) is 18.6. The van der Waals surface area contributed by atoms with Gasteiger partial charge in [0.15, 0.2) is 5.13 Å². The van der Waals surface area contributed by atoms with E-state index in [9.17, 15) is 4.79 Å². The molecule has 2 fully saturated rings. The van der Waals surface area contributed by atoms with Crippen molar-refractivity contribution in [1.82, 2.24) is 14.9 Å². The number of hydrogen-bond acceptors (Lipinski definition) is 5. The molecular weight excluding hydrogens is 380 g/mol. The van der Waals surface area contributed by atoms with Crippen LogP contribution >= 0.6 is 11.3 Å². The minimum Gasteiger partial charge on any atom is -0.348 e. The van der Waals surface area contributed by atoms with Gasteiger partial charge in [-0.25, -0.2) is 9.97 Å². The average molecular weight is 407 g/mol. The number of benzene rings is 1. The maximum Gasteiger partial charge on any atom is 0.225 e. The number of anilines is 1. The van der Waals surface area contributed by atoms with Crippen molar-refractivity contribution in [3.8, 4) is 11.3 Å². The van der Waals surface area contributed by atoms with Crippen LogP contribution in [0.4, 0.5) is 5.13 Å². The topological polar surface area (TPSA) is 49.3 Å². The standard InChI is InChI=1S/C23H26N4OS/c28-22(26-13-5-2-6-14-26)18-11-15-27(16-12-18)23-25-20-10-9-19(24-21(20)29-23)17-7-3-1-4-8-17/h1,3-4,7-10,18H,2,5-6,11-16H2. The van der Waals surface area contributed by atoms with E-state index in [-0.39, 0.29) is 5.92 Å². The largest absolute Gasteiger partial charge is 0.348 e. The number of likely N-dealkylation sites (tertiary alicyclic amines) is 1. The van der Waals surface area contributed by atoms with Gasteiger partial charge in [0.05, 0.1) is 5.69 Å². The van der Waals surface area contributed by atoms with Gasteiger partial charge in [-0.15, -0.1) is 0 Å². The van der Waals surface area contributed by atoms with Crippen molar-refractivity contribution in [3.05, 3.63) is 42.5 Å². The summed E-state index contributed by atoms with van der Waals surface area (Å²) in [4.78, 5) is 27.8. The Balaban J connectivity index is 1.27. The van der Waals surface area contributed by atoms with Gasteiger partial charge in [-0.3, -0.25) is 4.79 Å². The van der Waals surface area contributed by atoms with Crippen molar-refractivity contribution in [2.75, 3.05) is 31.1 Å². The van der Waals surface area contributed by atoms with Gasteiger partial charge in [0.1, 0.15) is 10.3 Å². The van der Waals surface area contributed by atoms with Crippen LogP contribution in [-0.2, 0) is 4.79 Å². The Hall–Kier alpha value is -2.47. The molecule has 2 aliphatic rings. The summed E-state index contributed by atoms with van der Waals surface area (Å²) in [7, 11) is 0. The number of rotatable bonds is 3. The van der Waals surface area contributed by atoms with E-state index < -0.39 is 0 Å². The van der Waals surface area contributed by atoms with Gasteiger partial charge in [0.2, 0.25) is 5.91 Å². The number of carbonyl (C=O) groups excluding carboxylic acids is 1. The van der Waals surface area contributed by atoms with Crippen LogP contribution in [0.5, 0.6) is 0 Å². The van der Waals surface area contributed by atoms with Crippen LogP contribution in [-0.4, -0.2) is 47.0 Å². The second-order valence-electron chi connectivity index (χ2n) is 8.03. The molecule has 2 aromatic heterocycles. The summed E-state index contributed by atoms with van der Waals surface area (Å²) in [5, 5.41) is 1.03. The molecule has 4 heterocycles. The van der Waals surface area contributed by atoms with Crippen molar-refractivity contribution < 1.29 is 4.79 Å². The number of hydrogen-bond donors (Lipinski definition) is 0. The van der Waals surface area contributed by atoms with Crippen molar-refractivity contribution in [1.29, 1.82) is 0 Å². The third kappa shape index (κ3) is 3.86. The third-order valence-corrected chi connectivity index (χ3v) is 7.12. The van der Waals surface area contributed by atoms with E-state index in [1.54, 1.807) is 11.3 Å². The molecule has 0 spiro atoms. The van der Waals surface area contributed by atoms with Crippen LogP contribution in [0.15, 0.2) is 42.5 Å². The molecule has 0 aliphatic carbocycles. The molecule has 0 bridgehead atoms. The van der Waals surface area contributed by atoms with Crippen LogP contribution in [0.1, 0.15) is 32.1 Å². The molecule has 0 atom stereocenters. The molecule has 0 N–H and O–H groups in total. The molecule has 1 amide bonds. The van der Waals surface area contributed by atoms with Crippen molar-refractivity contribution in [3.63, 3.8) is 0 Å².